The molecule has 3 heteroatoms. The van der Waals surface area contributed by atoms with Crippen molar-refractivity contribution in [1.29, 1.82) is 0 Å². The van der Waals surface area contributed by atoms with E-state index in [0.717, 1.165) is 23.9 Å². The van der Waals surface area contributed by atoms with Crippen molar-refractivity contribution >= 4 is 16.9 Å². The smallest absolute Gasteiger partial charge is 0.202 e. The average molecular weight is 257 g/mol. The molecule has 0 spiro atoms. The fourth-order valence-electron chi connectivity index (χ4n) is 2.89. The van der Waals surface area contributed by atoms with Gasteiger partial charge >= 0.3 is 0 Å². The molecule has 1 aromatic heterocycles. The lowest BCUT2D eigenvalue weighted by molar-refractivity contribution is -0.122. The Balaban J connectivity index is 1.71. The molecule has 1 aromatic carbocycles. The summed E-state index contributed by atoms with van der Waals surface area (Å²) < 4.78 is 5.63. The molecule has 3 rings (SSSR count). The molecule has 19 heavy (non-hydrogen) atoms. The Hall–Kier alpha value is -1.64. The molecule has 0 bridgehead atoms. The Labute approximate surface area is 113 Å². The van der Waals surface area contributed by atoms with Gasteiger partial charge in [-0.15, -0.1) is 0 Å². The zero-order chi connectivity index (χ0) is 13.1. The number of nitrogens with zero attached hydrogens (tertiary/aromatic N) is 1. The van der Waals surface area contributed by atoms with Gasteiger partial charge in [0.2, 0.25) is 5.89 Å². The number of para-hydroxylation sites is 2. The van der Waals surface area contributed by atoms with Gasteiger partial charge < -0.3 is 4.42 Å². The van der Waals surface area contributed by atoms with Gasteiger partial charge in [-0.25, -0.2) is 4.98 Å². The first-order valence-corrected chi connectivity index (χ1v) is 7.20. The van der Waals surface area contributed by atoms with Crippen LogP contribution in [0.25, 0.3) is 11.1 Å². The molecule has 1 aliphatic rings. The molecule has 0 atom stereocenters. The molecule has 1 fully saturated rings. The first-order valence-electron chi connectivity index (χ1n) is 7.20. The molecule has 0 N–H and O–H groups in total. The third-order valence-electron chi connectivity index (χ3n) is 3.97. The number of Topliss-reactive ketones (excluding diaryl/α,β-unsaturated/α-hetero) is 1. The average Bonchev–Trinajstić information content (AvgIpc) is 2.63. The molecule has 0 radical (unpaired) electrons. The standard InChI is InChI=1S/C16H19NO2/c18-14(12-7-3-1-2-4-8-12)11-16-17-13-9-5-6-10-15(13)19-16/h5-6,9-10,12H,1-4,7-8,11H2. The molecule has 1 aliphatic carbocycles. The quantitative estimate of drug-likeness (QED) is 0.783. The molecule has 2 aromatic rings. The van der Waals surface area contributed by atoms with Gasteiger partial charge in [0.1, 0.15) is 11.3 Å². The normalized spacial score (nSPS) is 17.5. The van der Waals surface area contributed by atoms with Crippen LogP contribution in [0.4, 0.5) is 0 Å². The molecule has 1 heterocycles. The van der Waals surface area contributed by atoms with Gasteiger partial charge in [-0.3, -0.25) is 4.79 Å². The van der Waals surface area contributed by atoms with E-state index in [1.807, 2.05) is 24.3 Å². The second kappa shape index (κ2) is 5.55. The summed E-state index contributed by atoms with van der Waals surface area (Å²) in [7, 11) is 0. The Morgan fingerprint density at radius 3 is 2.63 bits per heavy atom. The summed E-state index contributed by atoms with van der Waals surface area (Å²) >= 11 is 0. The molecule has 0 unspecified atom stereocenters. The lowest BCUT2D eigenvalue weighted by Gasteiger charge is -2.10. The van der Waals surface area contributed by atoms with Crippen molar-refractivity contribution in [3.8, 4) is 0 Å². The number of aromatic nitrogens is 1. The predicted octanol–water partition coefficient (Wildman–Crippen LogP) is 3.91. The number of oxazole rings is 1. The molecule has 0 aliphatic heterocycles. The number of fused-ring (bicyclic) bond motifs is 1. The summed E-state index contributed by atoms with van der Waals surface area (Å²) in [5.41, 5.74) is 1.61. The van der Waals surface area contributed by atoms with Gasteiger partial charge in [-0.05, 0) is 25.0 Å². The largest absolute Gasteiger partial charge is 0.440 e. The second-order valence-corrected chi connectivity index (χ2v) is 5.41. The van der Waals surface area contributed by atoms with Gasteiger partial charge in [0.05, 0.1) is 6.42 Å². The molecular formula is C16H19NO2. The van der Waals surface area contributed by atoms with E-state index >= 15 is 0 Å². The van der Waals surface area contributed by atoms with Crippen LogP contribution in [0.15, 0.2) is 28.7 Å². The highest BCUT2D eigenvalue weighted by atomic mass is 16.3. The van der Waals surface area contributed by atoms with E-state index in [0.29, 0.717) is 18.1 Å². The minimum absolute atomic E-state index is 0.220. The number of carbonyl (C=O) groups is 1. The molecule has 3 nitrogen and oxygen atoms in total. The van der Waals surface area contributed by atoms with Crippen molar-refractivity contribution in [3.63, 3.8) is 0 Å². The van der Waals surface area contributed by atoms with Crippen LogP contribution >= 0.6 is 0 Å². The predicted molar refractivity (Wildman–Crippen MR) is 73.9 cm³/mol. The van der Waals surface area contributed by atoms with Crippen LogP contribution < -0.4 is 0 Å². The van der Waals surface area contributed by atoms with Crippen molar-refractivity contribution in [2.24, 2.45) is 5.92 Å². The maximum atomic E-state index is 12.3. The summed E-state index contributed by atoms with van der Waals surface area (Å²) in [6, 6.07) is 7.66. The van der Waals surface area contributed by atoms with Gasteiger partial charge in [0.25, 0.3) is 0 Å². The van der Waals surface area contributed by atoms with Crippen molar-refractivity contribution < 1.29 is 9.21 Å². The Bertz CT molecular complexity index is 532. The third kappa shape index (κ3) is 2.86. The highest BCUT2D eigenvalue weighted by Gasteiger charge is 2.21. The highest BCUT2D eigenvalue weighted by Crippen LogP contribution is 2.25. The first-order chi connectivity index (χ1) is 9.33. The minimum Gasteiger partial charge on any atom is -0.440 e. The van der Waals surface area contributed by atoms with E-state index in [1.54, 1.807) is 0 Å². The van der Waals surface area contributed by atoms with Crippen LogP contribution in [0.1, 0.15) is 44.4 Å². The SMILES string of the molecule is O=C(Cc1nc2ccccc2o1)C1CCCCCC1. The molecular weight excluding hydrogens is 238 g/mol. The van der Waals surface area contributed by atoms with Crippen LogP contribution in [0.5, 0.6) is 0 Å². The van der Waals surface area contributed by atoms with Crippen LogP contribution in [-0.4, -0.2) is 10.8 Å². The van der Waals surface area contributed by atoms with Crippen molar-refractivity contribution in [1.82, 2.24) is 4.98 Å². The maximum Gasteiger partial charge on any atom is 0.202 e. The van der Waals surface area contributed by atoms with Crippen LogP contribution in [0.3, 0.4) is 0 Å². The lowest BCUT2D eigenvalue weighted by atomic mass is 9.94. The fraction of sp³-hybridized carbons (Fsp3) is 0.500. The van der Waals surface area contributed by atoms with Gasteiger partial charge in [0, 0.05) is 5.92 Å². The van der Waals surface area contributed by atoms with E-state index in [1.165, 1.54) is 25.7 Å². The number of benzene rings is 1. The van der Waals surface area contributed by atoms with Crippen LogP contribution in [-0.2, 0) is 11.2 Å². The Kier molecular flexibility index (Phi) is 3.62. The maximum absolute atomic E-state index is 12.3. The number of carbonyl (C=O) groups excluding carboxylic acids is 1. The Morgan fingerprint density at radius 1 is 1.16 bits per heavy atom. The number of ketones is 1. The fourth-order valence-corrected chi connectivity index (χ4v) is 2.89. The molecule has 100 valence electrons. The summed E-state index contributed by atoms with van der Waals surface area (Å²) in [4.78, 5) is 16.7. The molecule has 1 saturated carbocycles. The van der Waals surface area contributed by atoms with Crippen molar-refractivity contribution in [2.45, 2.75) is 44.9 Å². The lowest BCUT2D eigenvalue weighted by Crippen LogP contribution is -2.16. The van der Waals surface area contributed by atoms with E-state index in [2.05, 4.69) is 4.98 Å². The number of rotatable bonds is 3. The van der Waals surface area contributed by atoms with Crippen molar-refractivity contribution in [2.75, 3.05) is 0 Å². The number of hydrogen-bond acceptors (Lipinski definition) is 3. The minimum atomic E-state index is 0.220. The summed E-state index contributed by atoms with van der Waals surface area (Å²) in [6.07, 6.45) is 7.34. The summed E-state index contributed by atoms with van der Waals surface area (Å²) in [5, 5.41) is 0. The van der Waals surface area contributed by atoms with Crippen LogP contribution in [0.2, 0.25) is 0 Å². The van der Waals surface area contributed by atoms with E-state index in [4.69, 9.17) is 4.42 Å². The second-order valence-electron chi connectivity index (χ2n) is 5.41. The zero-order valence-electron chi connectivity index (χ0n) is 11.1. The summed E-state index contributed by atoms with van der Waals surface area (Å²) in [6.45, 7) is 0. The Morgan fingerprint density at radius 2 is 1.89 bits per heavy atom. The van der Waals surface area contributed by atoms with E-state index in [9.17, 15) is 4.79 Å². The van der Waals surface area contributed by atoms with E-state index in [-0.39, 0.29) is 5.92 Å². The highest BCUT2D eigenvalue weighted by molar-refractivity contribution is 5.83. The topological polar surface area (TPSA) is 43.1 Å². The monoisotopic (exact) mass is 257 g/mol. The molecule has 0 saturated heterocycles. The number of hydrogen-bond donors (Lipinski definition) is 0. The van der Waals surface area contributed by atoms with Crippen molar-refractivity contribution in [3.05, 3.63) is 30.2 Å². The third-order valence-corrected chi connectivity index (χ3v) is 3.97. The van der Waals surface area contributed by atoms with E-state index < -0.39 is 0 Å². The first kappa shape index (κ1) is 12.4. The zero-order valence-corrected chi connectivity index (χ0v) is 11.1. The van der Waals surface area contributed by atoms with Gasteiger partial charge in [-0.2, -0.15) is 0 Å². The molecule has 0 amide bonds. The van der Waals surface area contributed by atoms with Gasteiger partial charge in [0.15, 0.2) is 5.58 Å². The van der Waals surface area contributed by atoms with Gasteiger partial charge in [-0.1, -0.05) is 37.8 Å². The summed E-state index contributed by atoms with van der Waals surface area (Å²) in [5.74, 6) is 1.08. The van der Waals surface area contributed by atoms with Crippen LogP contribution in [0, 0.1) is 5.92 Å².